The SMILES string of the molecule is Cc1nc(C(=O)N2CCOC(C(=O)O)C2)no1. The molecule has 1 atom stereocenters. The molecular formula is C9H11N3O5. The fraction of sp³-hybridized carbons (Fsp3) is 0.556. The van der Waals surface area contributed by atoms with Gasteiger partial charge in [-0.3, -0.25) is 4.79 Å². The van der Waals surface area contributed by atoms with Crippen LogP contribution in [-0.2, 0) is 9.53 Å². The van der Waals surface area contributed by atoms with Crippen molar-refractivity contribution >= 4 is 11.9 Å². The summed E-state index contributed by atoms with van der Waals surface area (Å²) in [5.41, 5.74) is 0. The van der Waals surface area contributed by atoms with Crippen molar-refractivity contribution in [3.63, 3.8) is 0 Å². The molecule has 0 saturated carbocycles. The summed E-state index contributed by atoms with van der Waals surface area (Å²) >= 11 is 0. The summed E-state index contributed by atoms with van der Waals surface area (Å²) in [6, 6.07) is 0. The number of morpholine rings is 1. The number of hydrogen-bond donors (Lipinski definition) is 1. The zero-order valence-corrected chi connectivity index (χ0v) is 9.12. The molecule has 1 aromatic rings. The number of carboxylic acids is 1. The van der Waals surface area contributed by atoms with Crippen molar-refractivity contribution in [2.75, 3.05) is 19.7 Å². The third kappa shape index (κ3) is 2.41. The first-order valence-electron chi connectivity index (χ1n) is 5.02. The van der Waals surface area contributed by atoms with Crippen LogP contribution in [0.3, 0.4) is 0 Å². The van der Waals surface area contributed by atoms with Crippen LogP contribution >= 0.6 is 0 Å². The number of carbonyl (C=O) groups excluding carboxylic acids is 1. The standard InChI is InChI=1S/C9H11N3O5/c1-5-10-7(11-17-5)8(13)12-2-3-16-6(4-12)9(14)15/h6H,2-4H2,1H3,(H,14,15). The Kier molecular flexibility index (Phi) is 3.05. The second-order valence-corrected chi connectivity index (χ2v) is 3.59. The van der Waals surface area contributed by atoms with Crippen LogP contribution in [0.2, 0.25) is 0 Å². The molecule has 1 unspecified atom stereocenters. The Bertz CT molecular complexity index is 444. The number of aliphatic carboxylic acids is 1. The van der Waals surface area contributed by atoms with Gasteiger partial charge in [-0.25, -0.2) is 4.79 Å². The molecule has 17 heavy (non-hydrogen) atoms. The van der Waals surface area contributed by atoms with Gasteiger partial charge in [0.2, 0.25) is 5.89 Å². The number of rotatable bonds is 2. The molecule has 0 bridgehead atoms. The Labute approximate surface area is 96.2 Å². The van der Waals surface area contributed by atoms with E-state index in [4.69, 9.17) is 14.4 Å². The molecule has 0 spiro atoms. The van der Waals surface area contributed by atoms with Crippen LogP contribution in [0.5, 0.6) is 0 Å². The zero-order chi connectivity index (χ0) is 12.4. The Morgan fingerprint density at radius 3 is 2.88 bits per heavy atom. The summed E-state index contributed by atoms with van der Waals surface area (Å²) in [4.78, 5) is 27.8. The van der Waals surface area contributed by atoms with Gasteiger partial charge >= 0.3 is 5.97 Å². The average Bonchev–Trinajstić information content (AvgIpc) is 2.75. The molecule has 8 heteroatoms. The van der Waals surface area contributed by atoms with E-state index in [-0.39, 0.29) is 24.9 Å². The van der Waals surface area contributed by atoms with Gasteiger partial charge in [0.25, 0.3) is 11.7 Å². The highest BCUT2D eigenvalue weighted by atomic mass is 16.5. The number of aromatic nitrogens is 2. The van der Waals surface area contributed by atoms with E-state index in [1.165, 1.54) is 4.90 Å². The first kappa shape index (κ1) is 11.5. The molecular weight excluding hydrogens is 230 g/mol. The Morgan fingerprint density at radius 2 is 2.29 bits per heavy atom. The van der Waals surface area contributed by atoms with Gasteiger partial charge in [-0.2, -0.15) is 4.98 Å². The average molecular weight is 241 g/mol. The lowest BCUT2D eigenvalue weighted by Gasteiger charge is -2.29. The first-order chi connectivity index (χ1) is 8.08. The fourth-order valence-corrected chi connectivity index (χ4v) is 1.51. The van der Waals surface area contributed by atoms with Crippen molar-refractivity contribution in [1.29, 1.82) is 0 Å². The van der Waals surface area contributed by atoms with Crippen molar-refractivity contribution < 1.29 is 24.0 Å². The second kappa shape index (κ2) is 4.50. The van der Waals surface area contributed by atoms with Gasteiger partial charge in [-0.05, 0) is 0 Å². The van der Waals surface area contributed by atoms with Crippen LogP contribution in [0.1, 0.15) is 16.5 Å². The van der Waals surface area contributed by atoms with Crippen LogP contribution in [0.25, 0.3) is 0 Å². The Hall–Kier alpha value is -1.96. The van der Waals surface area contributed by atoms with E-state index < -0.39 is 18.0 Å². The molecule has 92 valence electrons. The predicted molar refractivity (Wildman–Crippen MR) is 52.3 cm³/mol. The highest BCUT2D eigenvalue weighted by Gasteiger charge is 2.31. The second-order valence-electron chi connectivity index (χ2n) is 3.59. The third-order valence-electron chi connectivity index (χ3n) is 2.35. The summed E-state index contributed by atoms with van der Waals surface area (Å²) in [6.07, 6.45) is -0.999. The van der Waals surface area contributed by atoms with Gasteiger partial charge in [0.15, 0.2) is 6.10 Å². The molecule has 1 aliphatic heterocycles. The summed E-state index contributed by atoms with van der Waals surface area (Å²) in [7, 11) is 0. The van der Waals surface area contributed by atoms with Crippen LogP contribution in [-0.4, -0.2) is 57.8 Å². The molecule has 2 rings (SSSR count). The quantitative estimate of drug-likeness (QED) is 0.729. The highest BCUT2D eigenvalue weighted by molar-refractivity contribution is 5.90. The van der Waals surface area contributed by atoms with Crippen LogP contribution in [0.4, 0.5) is 0 Å². The molecule has 0 aliphatic carbocycles. The topological polar surface area (TPSA) is 106 Å². The number of hydrogen-bond acceptors (Lipinski definition) is 6. The minimum Gasteiger partial charge on any atom is -0.479 e. The van der Waals surface area contributed by atoms with Gasteiger partial charge in [0, 0.05) is 13.5 Å². The number of nitrogens with zero attached hydrogens (tertiary/aromatic N) is 3. The molecule has 2 heterocycles. The summed E-state index contributed by atoms with van der Waals surface area (Å²) < 4.78 is 9.70. The van der Waals surface area contributed by atoms with E-state index >= 15 is 0 Å². The lowest BCUT2D eigenvalue weighted by atomic mass is 10.2. The molecule has 1 N–H and O–H groups in total. The molecule has 1 amide bonds. The molecule has 1 saturated heterocycles. The monoisotopic (exact) mass is 241 g/mol. The summed E-state index contributed by atoms with van der Waals surface area (Å²) in [6.45, 7) is 2.06. The Balaban J connectivity index is 2.07. The van der Waals surface area contributed by atoms with Crippen LogP contribution in [0, 0.1) is 6.92 Å². The molecule has 0 radical (unpaired) electrons. The largest absolute Gasteiger partial charge is 0.479 e. The van der Waals surface area contributed by atoms with E-state index in [2.05, 4.69) is 10.1 Å². The van der Waals surface area contributed by atoms with Crippen molar-refractivity contribution in [3.05, 3.63) is 11.7 Å². The van der Waals surface area contributed by atoms with Crippen molar-refractivity contribution in [3.8, 4) is 0 Å². The van der Waals surface area contributed by atoms with E-state index in [0.717, 1.165) is 0 Å². The molecule has 1 aliphatic rings. The van der Waals surface area contributed by atoms with Crippen LogP contribution in [0.15, 0.2) is 4.52 Å². The number of carbonyl (C=O) groups is 2. The van der Waals surface area contributed by atoms with E-state index in [1.54, 1.807) is 6.92 Å². The molecule has 8 nitrogen and oxygen atoms in total. The summed E-state index contributed by atoms with van der Waals surface area (Å²) in [5.74, 6) is -1.31. The first-order valence-corrected chi connectivity index (χ1v) is 5.02. The van der Waals surface area contributed by atoms with Crippen molar-refractivity contribution in [2.45, 2.75) is 13.0 Å². The van der Waals surface area contributed by atoms with E-state index in [9.17, 15) is 9.59 Å². The third-order valence-corrected chi connectivity index (χ3v) is 2.35. The number of amides is 1. The lowest BCUT2D eigenvalue weighted by Crippen LogP contribution is -2.48. The minimum absolute atomic E-state index is 0.0121. The predicted octanol–water partition coefficient (Wildman–Crippen LogP) is -0.696. The van der Waals surface area contributed by atoms with E-state index in [1.807, 2.05) is 0 Å². The van der Waals surface area contributed by atoms with Gasteiger partial charge in [0.1, 0.15) is 0 Å². The van der Waals surface area contributed by atoms with Gasteiger partial charge in [-0.15, -0.1) is 0 Å². The highest BCUT2D eigenvalue weighted by Crippen LogP contribution is 2.09. The van der Waals surface area contributed by atoms with Crippen LogP contribution < -0.4 is 0 Å². The molecule has 1 fully saturated rings. The Morgan fingerprint density at radius 1 is 1.53 bits per heavy atom. The smallest absolute Gasteiger partial charge is 0.334 e. The van der Waals surface area contributed by atoms with Crippen molar-refractivity contribution in [2.24, 2.45) is 0 Å². The lowest BCUT2D eigenvalue weighted by molar-refractivity contribution is -0.154. The molecule has 1 aromatic heterocycles. The number of ether oxygens (including phenoxy) is 1. The summed E-state index contributed by atoms with van der Waals surface area (Å²) in [5, 5.41) is 12.3. The maximum Gasteiger partial charge on any atom is 0.334 e. The maximum absolute atomic E-state index is 11.9. The normalized spacial score (nSPS) is 20.3. The van der Waals surface area contributed by atoms with Crippen molar-refractivity contribution in [1.82, 2.24) is 15.0 Å². The number of carboxylic acid groups (broad SMARTS) is 1. The van der Waals surface area contributed by atoms with Gasteiger partial charge < -0.3 is 19.3 Å². The minimum atomic E-state index is -1.09. The van der Waals surface area contributed by atoms with Gasteiger partial charge in [-0.1, -0.05) is 5.16 Å². The van der Waals surface area contributed by atoms with Gasteiger partial charge in [0.05, 0.1) is 13.2 Å². The fourth-order valence-electron chi connectivity index (χ4n) is 1.51. The number of aryl methyl sites for hydroxylation is 1. The maximum atomic E-state index is 11.9. The molecule has 0 aromatic carbocycles. The zero-order valence-electron chi connectivity index (χ0n) is 9.12. The van der Waals surface area contributed by atoms with E-state index in [0.29, 0.717) is 6.54 Å².